The van der Waals surface area contributed by atoms with E-state index in [1.807, 2.05) is 0 Å². The van der Waals surface area contributed by atoms with Gasteiger partial charge in [0.15, 0.2) is 11.0 Å². The van der Waals surface area contributed by atoms with Gasteiger partial charge in [-0.05, 0) is 23.7 Å². The van der Waals surface area contributed by atoms with Crippen molar-refractivity contribution in [3.8, 4) is 0 Å². The lowest BCUT2D eigenvalue weighted by Gasteiger charge is -2.34. The topological polar surface area (TPSA) is 74.6 Å². The summed E-state index contributed by atoms with van der Waals surface area (Å²) in [6, 6.07) is 2.49. The summed E-state index contributed by atoms with van der Waals surface area (Å²) < 4.78 is 5.08. The summed E-state index contributed by atoms with van der Waals surface area (Å²) in [7, 11) is 1.54. The lowest BCUT2D eigenvalue weighted by molar-refractivity contribution is -0.125. The van der Waals surface area contributed by atoms with Gasteiger partial charge in [0, 0.05) is 26.7 Å². The van der Waals surface area contributed by atoms with Gasteiger partial charge in [0.2, 0.25) is 5.91 Å². The molecule has 1 aliphatic rings. The molecule has 1 unspecified atom stereocenters. The van der Waals surface area contributed by atoms with Crippen molar-refractivity contribution in [3.05, 3.63) is 23.1 Å². The van der Waals surface area contributed by atoms with Crippen LogP contribution in [0.2, 0.25) is 5.22 Å². The maximum atomic E-state index is 12.2. The number of furan rings is 1. The monoisotopic (exact) mass is 271 g/mol. The quantitative estimate of drug-likeness (QED) is 0.800. The highest BCUT2D eigenvalue weighted by atomic mass is 35.5. The Kier molecular flexibility index (Phi) is 3.88. The van der Waals surface area contributed by atoms with Crippen LogP contribution in [0.4, 0.5) is 0 Å². The molecule has 7 heteroatoms. The molecule has 0 bridgehead atoms. The number of amides is 2. The fraction of sp³-hybridized carbons (Fsp3) is 0.455. The summed E-state index contributed by atoms with van der Waals surface area (Å²) in [5, 5.41) is 5.78. The number of nitrogens with one attached hydrogen (secondary N) is 2. The molecule has 0 saturated carbocycles. The molecular weight excluding hydrogens is 258 g/mol. The average Bonchev–Trinajstić information content (AvgIpc) is 2.83. The highest BCUT2D eigenvalue weighted by Crippen LogP contribution is 2.17. The molecule has 1 aromatic rings. The minimum atomic E-state index is -0.528. The number of likely N-dealkylation sites (N-methyl/N-ethyl adjacent to an activating group) is 1. The van der Waals surface area contributed by atoms with E-state index >= 15 is 0 Å². The summed E-state index contributed by atoms with van der Waals surface area (Å²) in [5.74, 6) is -0.374. The molecule has 0 spiro atoms. The van der Waals surface area contributed by atoms with E-state index < -0.39 is 6.04 Å². The van der Waals surface area contributed by atoms with Crippen LogP contribution in [-0.4, -0.2) is 49.4 Å². The predicted molar refractivity (Wildman–Crippen MR) is 65.5 cm³/mol. The summed E-state index contributed by atoms with van der Waals surface area (Å²) in [4.78, 5) is 25.4. The van der Waals surface area contributed by atoms with Crippen LogP contribution in [0, 0.1) is 0 Å². The molecule has 1 aliphatic heterocycles. The molecule has 18 heavy (non-hydrogen) atoms. The van der Waals surface area contributed by atoms with E-state index in [0.717, 1.165) is 0 Å². The number of rotatable bonds is 2. The zero-order valence-electron chi connectivity index (χ0n) is 9.90. The maximum Gasteiger partial charge on any atom is 0.290 e. The first-order chi connectivity index (χ1) is 8.63. The summed E-state index contributed by atoms with van der Waals surface area (Å²) >= 11 is 5.64. The van der Waals surface area contributed by atoms with Crippen molar-refractivity contribution in [2.24, 2.45) is 0 Å². The highest BCUT2D eigenvalue weighted by Gasteiger charge is 2.33. The Bertz CT molecular complexity index is 460. The van der Waals surface area contributed by atoms with E-state index in [9.17, 15) is 9.59 Å². The molecule has 1 fully saturated rings. The molecule has 1 atom stereocenters. The molecule has 6 nitrogen and oxygen atoms in total. The van der Waals surface area contributed by atoms with Crippen molar-refractivity contribution in [1.82, 2.24) is 15.5 Å². The van der Waals surface area contributed by atoms with Crippen molar-refractivity contribution in [3.63, 3.8) is 0 Å². The fourth-order valence-electron chi connectivity index (χ4n) is 1.92. The molecule has 1 aromatic heterocycles. The molecule has 2 heterocycles. The number of carbonyl (C=O) groups excluding carboxylic acids is 2. The Morgan fingerprint density at radius 2 is 2.33 bits per heavy atom. The Hall–Kier alpha value is -1.53. The third-order valence-electron chi connectivity index (χ3n) is 2.84. The van der Waals surface area contributed by atoms with E-state index in [-0.39, 0.29) is 22.8 Å². The molecule has 2 rings (SSSR count). The molecule has 98 valence electrons. The molecule has 0 radical (unpaired) electrons. The van der Waals surface area contributed by atoms with Gasteiger partial charge in [0.1, 0.15) is 6.04 Å². The van der Waals surface area contributed by atoms with Crippen molar-refractivity contribution >= 4 is 23.4 Å². The van der Waals surface area contributed by atoms with Crippen LogP contribution in [0.1, 0.15) is 10.6 Å². The van der Waals surface area contributed by atoms with Crippen molar-refractivity contribution < 1.29 is 14.0 Å². The van der Waals surface area contributed by atoms with Gasteiger partial charge in [0.05, 0.1) is 0 Å². The zero-order chi connectivity index (χ0) is 13.1. The van der Waals surface area contributed by atoms with Crippen LogP contribution in [0.15, 0.2) is 16.5 Å². The fourth-order valence-corrected chi connectivity index (χ4v) is 2.07. The number of halogens is 1. The van der Waals surface area contributed by atoms with Crippen LogP contribution in [0.3, 0.4) is 0 Å². The highest BCUT2D eigenvalue weighted by molar-refractivity contribution is 6.29. The van der Waals surface area contributed by atoms with Gasteiger partial charge in [-0.3, -0.25) is 9.59 Å². The van der Waals surface area contributed by atoms with Gasteiger partial charge in [-0.2, -0.15) is 0 Å². The first-order valence-electron chi connectivity index (χ1n) is 5.62. The van der Waals surface area contributed by atoms with E-state index in [1.54, 1.807) is 7.05 Å². The lowest BCUT2D eigenvalue weighted by Crippen LogP contribution is -2.59. The predicted octanol–water partition coefficient (Wildman–Crippen LogP) is 0.0930. The molecule has 0 aromatic carbocycles. The van der Waals surface area contributed by atoms with Crippen molar-refractivity contribution in [1.29, 1.82) is 0 Å². The Labute approximate surface area is 109 Å². The smallest absolute Gasteiger partial charge is 0.290 e. The summed E-state index contributed by atoms with van der Waals surface area (Å²) in [5.41, 5.74) is 0. The minimum absolute atomic E-state index is 0.149. The summed E-state index contributed by atoms with van der Waals surface area (Å²) in [6.45, 7) is 1.53. The van der Waals surface area contributed by atoms with Crippen molar-refractivity contribution in [2.75, 3.05) is 26.7 Å². The third kappa shape index (κ3) is 2.49. The van der Waals surface area contributed by atoms with Crippen molar-refractivity contribution in [2.45, 2.75) is 6.04 Å². The maximum absolute atomic E-state index is 12.2. The van der Waals surface area contributed by atoms with E-state index in [1.165, 1.54) is 17.0 Å². The zero-order valence-corrected chi connectivity index (χ0v) is 10.7. The number of piperazine rings is 1. The first kappa shape index (κ1) is 12.9. The largest absolute Gasteiger partial charge is 0.440 e. The van der Waals surface area contributed by atoms with Gasteiger partial charge in [-0.15, -0.1) is 0 Å². The molecule has 0 aliphatic carbocycles. The first-order valence-corrected chi connectivity index (χ1v) is 6.00. The molecule has 2 N–H and O–H groups in total. The normalized spacial score (nSPS) is 19.7. The van der Waals surface area contributed by atoms with E-state index in [2.05, 4.69) is 10.6 Å². The second kappa shape index (κ2) is 5.41. The van der Waals surface area contributed by atoms with Crippen LogP contribution < -0.4 is 10.6 Å². The standard InChI is InChI=1S/C11H14ClN3O3/c1-13-10(16)7-6-14-4-5-15(7)11(17)8-2-3-9(12)18-8/h2-3,7,14H,4-6H2,1H3,(H,13,16). The molecule has 1 saturated heterocycles. The average molecular weight is 272 g/mol. The van der Waals surface area contributed by atoms with Gasteiger partial charge < -0.3 is 20.0 Å². The van der Waals surface area contributed by atoms with Gasteiger partial charge in [-0.25, -0.2) is 0 Å². The van der Waals surface area contributed by atoms with E-state index in [4.69, 9.17) is 16.0 Å². The SMILES string of the molecule is CNC(=O)C1CNCCN1C(=O)c1ccc(Cl)o1. The number of hydrogen-bond acceptors (Lipinski definition) is 4. The van der Waals surface area contributed by atoms with Gasteiger partial charge >= 0.3 is 0 Å². The van der Waals surface area contributed by atoms with Gasteiger partial charge in [-0.1, -0.05) is 0 Å². The minimum Gasteiger partial charge on any atom is -0.440 e. The Balaban J connectivity index is 2.18. The number of carbonyl (C=O) groups is 2. The molecular formula is C11H14ClN3O3. The number of hydrogen-bond donors (Lipinski definition) is 2. The Morgan fingerprint density at radius 3 is 2.94 bits per heavy atom. The number of nitrogens with zero attached hydrogens (tertiary/aromatic N) is 1. The van der Waals surface area contributed by atoms with Crippen LogP contribution in [0.25, 0.3) is 0 Å². The second-order valence-electron chi connectivity index (χ2n) is 3.94. The van der Waals surface area contributed by atoms with Crippen LogP contribution in [0.5, 0.6) is 0 Å². The van der Waals surface area contributed by atoms with Crippen LogP contribution >= 0.6 is 11.6 Å². The second-order valence-corrected chi connectivity index (χ2v) is 4.31. The molecule has 2 amide bonds. The third-order valence-corrected chi connectivity index (χ3v) is 3.04. The summed E-state index contributed by atoms with van der Waals surface area (Å²) in [6.07, 6.45) is 0. The van der Waals surface area contributed by atoms with Gasteiger partial charge in [0.25, 0.3) is 5.91 Å². The van der Waals surface area contributed by atoms with Crippen LogP contribution in [-0.2, 0) is 4.79 Å². The lowest BCUT2D eigenvalue weighted by atomic mass is 10.1. The van der Waals surface area contributed by atoms with E-state index in [0.29, 0.717) is 19.6 Å². The Morgan fingerprint density at radius 1 is 1.56 bits per heavy atom.